The number of epoxide rings is 1. The molecule has 8 nitrogen and oxygen atoms in total. The molecule has 10 atom stereocenters. The van der Waals surface area contributed by atoms with Gasteiger partial charge in [-0.3, -0.25) is 9.59 Å². The largest absolute Gasteiger partial charge is 0.461 e. The van der Waals surface area contributed by atoms with Gasteiger partial charge in [0.05, 0.1) is 12.0 Å². The topological polar surface area (TPSA) is 123 Å². The van der Waals surface area contributed by atoms with E-state index in [0.717, 1.165) is 0 Å². The van der Waals surface area contributed by atoms with E-state index in [2.05, 4.69) is 0 Å². The van der Waals surface area contributed by atoms with E-state index in [0.29, 0.717) is 17.6 Å². The zero-order valence-electron chi connectivity index (χ0n) is 21.8. The van der Waals surface area contributed by atoms with Gasteiger partial charge in [0, 0.05) is 24.3 Å². The second kappa shape index (κ2) is 8.25. The highest BCUT2D eigenvalue weighted by Gasteiger charge is 2.82. The first-order valence-corrected chi connectivity index (χ1v) is 12.5. The van der Waals surface area contributed by atoms with Gasteiger partial charge in [-0.05, 0) is 50.2 Å². The van der Waals surface area contributed by atoms with Gasteiger partial charge in [0.15, 0.2) is 17.0 Å². The first-order chi connectivity index (χ1) is 16.2. The molecule has 0 bridgehead atoms. The van der Waals surface area contributed by atoms with E-state index in [1.54, 1.807) is 39.8 Å². The molecule has 4 rings (SSSR count). The maximum atomic E-state index is 13.9. The van der Waals surface area contributed by atoms with Crippen LogP contribution in [0.3, 0.4) is 0 Å². The maximum absolute atomic E-state index is 13.9. The quantitative estimate of drug-likeness (QED) is 0.268. The van der Waals surface area contributed by atoms with Crippen molar-refractivity contribution < 1.29 is 38.8 Å². The van der Waals surface area contributed by atoms with Crippen molar-refractivity contribution in [1.29, 1.82) is 0 Å². The Kier molecular flexibility index (Phi) is 6.14. The Balaban J connectivity index is 1.85. The van der Waals surface area contributed by atoms with E-state index in [9.17, 15) is 24.6 Å². The van der Waals surface area contributed by atoms with Crippen LogP contribution in [-0.4, -0.2) is 63.6 Å². The van der Waals surface area contributed by atoms with Crippen molar-refractivity contribution in [1.82, 2.24) is 0 Å². The van der Waals surface area contributed by atoms with Crippen molar-refractivity contribution in [3.05, 3.63) is 23.3 Å². The van der Waals surface area contributed by atoms with Crippen LogP contribution < -0.4 is 0 Å². The lowest BCUT2D eigenvalue weighted by molar-refractivity contribution is -0.157. The highest BCUT2D eigenvalue weighted by atomic mass is 16.7. The van der Waals surface area contributed by atoms with Crippen LogP contribution in [0.4, 0.5) is 0 Å². The molecular weight excluding hydrogens is 452 g/mol. The number of rotatable bonds is 3. The zero-order chi connectivity index (χ0) is 26.2. The number of ether oxygens (including phenoxy) is 3. The zero-order valence-corrected chi connectivity index (χ0v) is 21.8. The maximum Gasteiger partial charge on any atom is 0.333 e. The lowest BCUT2D eigenvalue weighted by atomic mass is 9.80. The van der Waals surface area contributed by atoms with Crippen molar-refractivity contribution in [2.45, 2.75) is 97.4 Å². The van der Waals surface area contributed by atoms with Crippen LogP contribution in [-0.2, 0) is 28.6 Å². The van der Waals surface area contributed by atoms with Crippen LogP contribution in [0, 0.1) is 29.1 Å². The molecule has 0 amide bonds. The Hall–Kier alpha value is -2.03. The molecule has 0 aromatic heterocycles. The molecule has 4 aliphatic rings. The Morgan fingerprint density at radius 2 is 1.71 bits per heavy atom. The van der Waals surface area contributed by atoms with Crippen LogP contribution in [0.5, 0.6) is 0 Å². The van der Waals surface area contributed by atoms with Gasteiger partial charge in [-0.1, -0.05) is 33.8 Å². The fourth-order valence-electron chi connectivity index (χ4n) is 6.85. The first kappa shape index (κ1) is 26.0. The molecule has 2 N–H and O–H groups in total. The summed E-state index contributed by atoms with van der Waals surface area (Å²) in [4.78, 5) is 38.9. The first-order valence-electron chi connectivity index (χ1n) is 12.5. The lowest BCUT2D eigenvalue weighted by Crippen LogP contribution is -2.43. The Morgan fingerprint density at radius 3 is 2.29 bits per heavy atom. The molecule has 1 aliphatic heterocycles. The summed E-state index contributed by atoms with van der Waals surface area (Å²) < 4.78 is 17.7. The number of ketones is 1. The minimum absolute atomic E-state index is 0.202. The molecule has 35 heavy (non-hydrogen) atoms. The van der Waals surface area contributed by atoms with E-state index in [1.807, 2.05) is 20.8 Å². The Bertz CT molecular complexity index is 1010. The number of allylic oxidation sites excluding steroid dienone is 1. The third-order valence-electron chi connectivity index (χ3n) is 9.05. The number of carbonyl (C=O) groups is 3. The van der Waals surface area contributed by atoms with E-state index in [4.69, 9.17) is 14.2 Å². The standard InChI is InChI=1S/C27H38O8/c1-9-12(2)24(32)34-21-18-17(25(18,7)8)20(33-16(6)28)15(5)23(31)27-11-14(4)22(30)26(27,35-27)10-13(3)19(21)29/h9-10,14-15,17-22,29-30H,11H2,1-8H3. The summed E-state index contributed by atoms with van der Waals surface area (Å²) in [5, 5.41) is 22.5. The second-order valence-corrected chi connectivity index (χ2v) is 11.6. The number of aliphatic hydroxyl groups is 2. The van der Waals surface area contributed by atoms with Gasteiger partial charge in [0.1, 0.15) is 18.3 Å². The third-order valence-corrected chi connectivity index (χ3v) is 9.05. The average Bonchev–Trinajstić information content (AvgIpc) is 3.58. The monoisotopic (exact) mass is 490 g/mol. The summed E-state index contributed by atoms with van der Waals surface area (Å²) in [5.41, 5.74) is -2.11. The van der Waals surface area contributed by atoms with E-state index < -0.39 is 58.9 Å². The molecule has 0 aromatic rings. The fraction of sp³-hybridized carbons (Fsp3) is 0.741. The number of hydrogen-bond donors (Lipinski definition) is 2. The lowest BCUT2D eigenvalue weighted by Gasteiger charge is -2.28. The molecule has 1 saturated heterocycles. The van der Waals surface area contributed by atoms with Crippen LogP contribution in [0.25, 0.3) is 0 Å². The summed E-state index contributed by atoms with van der Waals surface area (Å²) in [6.45, 7) is 13.9. The Morgan fingerprint density at radius 1 is 1.11 bits per heavy atom. The smallest absolute Gasteiger partial charge is 0.333 e. The normalized spacial score (nSPS) is 46.3. The summed E-state index contributed by atoms with van der Waals surface area (Å²) >= 11 is 0. The van der Waals surface area contributed by atoms with Crippen LogP contribution >= 0.6 is 0 Å². The van der Waals surface area contributed by atoms with E-state index in [-0.39, 0.29) is 23.5 Å². The summed E-state index contributed by atoms with van der Waals surface area (Å²) in [5.74, 6) is -2.88. The summed E-state index contributed by atoms with van der Waals surface area (Å²) in [6.07, 6.45) is -0.241. The van der Waals surface area contributed by atoms with Gasteiger partial charge in [-0.25, -0.2) is 4.79 Å². The van der Waals surface area contributed by atoms with Gasteiger partial charge in [-0.2, -0.15) is 0 Å². The predicted octanol–water partition coefficient (Wildman–Crippen LogP) is 2.50. The molecule has 1 heterocycles. The highest BCUT2D eigenvalue weighted by molar-refractivity contribution is 5.96. The number of fused-ring (bicyclic) bond motifs is 1. The highest BCUT2D eigenvalue weighted by Crippen LogP contribution is 2.68. The SMILES string of the molecule is CC=C(C)C(=O)OC1C(O)C(C)=CC23OC2(CC(C)C3O)C(=O)C(C)C(OC(C)=O)C2C1C2(C)C. The van der Waals surface area contributed by atoms with Gasteiger partial charge < -0.3 is 24.4 Å². The van der Waals surface area contributed by atoms with E-state index >= 15 is 0 Å². The van der Waals surface area contributed by atoms with Gasteiger partial charge in [0.25, 0.3) is 0 Å². The van der Waals surface area contributed by atoms with Crippen molar-refractivity contribution in [2.24, 2.45) is 29.1 Å². The number of esters is 2. The fourth-order valence-corrected chi connectivity index (χ4v) is 6.85. The van der Waals surface area contributed by atoms with E-state index in [1.165, 1.54) is 6.92 Å². The number of Topliss-reactive ketones (excluding diaryl/α,β-unsaturated/α-hetero) is 1. The predicted molar refractivity (Wildman–Crippen MR) is 126 cm³/mol. The number of hydrogen-bond acceptors (Lipinski definition) is 8. The molecule has 194 valence electrons. The van der Waals surface area contributed by atoms with Crippen molar-refractivity contribution in [2.75, 3.05) is 0 Å². The molecule has 10 unspecified atom stereocenters. The number of aliphatic hydroxyl groups excluding tert-OH is 2. The molecule has 3 aliphatic carbocycles. The second-order valence-electron chi connectivity index (χ2n) is 11.6. The third kappa shape index (κ3) is 3.63. The van der Waals surface area contributed by atoms with Crippen LogP contribution in [0.15, 0.2) is 23.3 Å². The molecule has 0 radical (unpaired) electrons. The van der Waals surface area contributed by atoms with Crippen molar-refractivity contribution >= 4 is 17.7 Å². The number of carbonyl (C=O) groups excluding carboxylic acids is 3. The average molecular weight is 491 g/mol. The molecule has 0 aromatic carbocycles. The minimum Gasteiger partial charge on any atom is -0.461 e. The van der Waals surface area contributed by atoms with Gasteiger partial charge in [0.2, 0.25) is 0 Å². The molecule has 3 fully saturated rings. The summed E-state index contributed by atoms with van der Waals surface area (Å²) in [6, 6.07) is 0. The van der Waals surface area contributed by atoms with Crippen molar-refractivity contribution in [3.63, 3.8) is 0 Å². The minimum atomic E-state index is -1.26. The Labute approximate surface area is 206 Å². The molecule has 8 heteroatoms. The summed E-state index contributed by atoms with van der Waals surface area (Å²) in [7, 11) is 0. The van der Waals surface area contributed by atoms with Gasteiger partial charge >= 0.3 is 11.9 Å². The molecular formula is C27H38O8. The van der Waals surface area contributed by atoms with Crippen LogP contribution in [0.1, 0.15) is 61.8 Å². The molecule has 0 spiro atoms. The molecule has 2 saturated carbocycles. The van der Waals surface area contributed by atoms with Crippen molar-refractivity contribution in [3.8, 4) is 0 Å². The van der Waals surface area contributed by atoms with Gasteiger partial charge in [-0.15, -0.1) is 0 Å². The van der Waals surface area contributed by atoms with Crippen LogP contribution in [0.2, 0.25) is 0 Å².